The predicted octanol–water partition coefficient (Wildman–Crippen LogP) is 4.20. The summed E-state index contributed by atoms with van der Waals surface area (Å²) >= 11 is 4.79. The van der Waals surface area contributed by atoms with Gasteiger partial charge >= 0.3 is 0 Å². The number of thiazole rings is 1. The second-order valence-corrected chi connectivity index (χ2v) is 9.28. The van der Waals surface area contributed by atoms with Gasteiger partial charge in [0, 0.05) is 31.5 Å². The molecule has 1 aliphatic rings. The number of hydrogen-bond acceptors (Lipinski definition) is 6. The Kier molecular flexibility index (Phi) is 6.50. The topological polar surface area (TPSA) is 71.0 Å². The standard InChI is InChI=1S/C21H21BrFN5OS/c1-13-27-19(20(30-13)14-4-6-16(23)7-5-14)21(29)28-8-2-3-17(28)11-24-12-18-25-9-15(22)10-26-18/h4-7,9-10,17,24H,2-3,8,11-12H2,1H3/t17-/m0/s1. The molecule has 3 aromatic rings. The molecule has 6 nitrogen and oxygen atoms in total. The molecule has 3 heterocycles. The highest BCUT2D eigenvalue weighted by atomic mass is 79.9. The molecule has 0 saturated carbocycles. The Labute approximate surface area is 186 Å². The summed E-state index contributed by atoms with van der Waals surface area (Å²) < 4.78 is 14.2. The number of amides is 1. The Balaban J connectivity index is 1.46. The summed E-state index contributed by atoms with van der Waals surface area (Å²) in [7, 11) is 0. The molecule has 1 amide bonds. The number of halogens is 2. The zero-order chi connectivity index (χ0) is 21.1. The Bertz CT molecular complexity index is 1020. The number of nitrogens with zero attached hydrogens (tertiary/aromatic N) is 4. The average Bonchev–Trinajstić information content (AvgIpc) is 3.36. The molecule has 0 radical (unpaired) electrons. The minimum Gasteiger partial charge on any atom is -0.333 e. The van der Waals surface area contributed by atoms with E-state index < -0.39 is 0 Å². The maximum absolute atomic E-state index is 13.3. The van der Waals surface area contributed by atoms with Crippen molar-refractivity contribution >= 4 is 33.2 Å². The molecule has 0 aliphatic carbocycles. The van der Waals surface area contributed by atoms with Gasteiger partial charge in [0.05, 0.1) is 20.9 Å². The van der Waals surface area contributed by atoms with Crippen LogP contribution in [0.3, 0.4) is 0 Å². The van der Waals surface area contributed by atoms with E-state index in [0.29, 0.717) is 31.2 Å². The monoisotopic (exact) mass is 489 g/mol. The number of nitrogens with one attached hydrogen (secondary N) is 1. The first-order chi connectivity index (χ1) is 14.5. The van der Waals surface area contributed by atoms with Crippen molar-refractivity contribution < 1.29 is 9.18 Å². The Hall–Kier alpha value is -2.23. The zero-order valence-corrected chi connectivity index (χ0v) is 18.8. The maximum atomic E-state index is 13.3. The van der Waals surface area contributed by atoms with E-state index in [1.807, 2.05) is 11.8 Å². The van der Waals surface area contributed by atoms with Gasteiger partial charge in [0.1, 0.15) is 17.3 Å². The zero-order valence-electron chi connectivity index (χ0n) is 16.4. The minimum absolute atomic E-state index is 0.0668. The number of aryl methyl sites for hydroxylation is 1. The molecule has 0 spiro atoms. The van der Waals surface area contributed by atoms with E-state index in [0.717, 1.165) is 32.8 Å². The fourth-order valence-electron chi connectivity index (χ4n) is 3.60. The molecule has 1 N–H and O–H groups in total. The van der Waals surface area contributed by atoms with Crippen LogP contribution in [0.25, 0.3) is 10.4 Å². The number of aromatic nitrogens is 3. The number of hydrogen-bond donors (Lipinski definition) is 1. The van der Waals surface area contributed by atoms with Gasteiger partial charge in [-0.15, -0.1) is 11.3 Å². The summed E-state index contributed by atoms with van der Waals surface area (Å²) in [6, 6.07) is 6.30. The molecule has 1 aromatic carbocycles. The van der Waals surface area contributed by atoms with Crippen molar-refractivity contribution in [1.82, 2.24) is 25.2 Å². The molecule has 2 aromatic heterocycles. The van der Waals surface area contributed by atoms with E-state index in [-0.39, 0.29) is 17.8 Å². The third-order valence-electron chi connectivity index (χ3n) is 5.02. The summed E-state index contributed by atoms with van der Waals surface area (Å²) in [5, 5.41) is 4.18. The van der Waals surface area contributed by atoms with Gasteiger partial charge in [-0.3, -0.25) is 4.79 Å². The second kappa shape index (κ2) is 9.28. The normalized spacial score (nSPS) is 16.2. The lowest BCUT2D eigenvalue weighted by molar-refractivity contribution is 0.0731. The van der Waals surface area contributed by atoms with E-state index in [2.05, 4.69) is 36.2 Å². The molecule has 0 bridgehead atoms. The van der Waals surface area contributed by atoms with Gasteiger partial charge in [0.25, 0.3) is 5.91 Å². The van der Waals surface area contributed by atoms with Gasteiger partial charge in [-0.05, 0) is 53.4 Å². The van der Waals surface area contributed by atoms with Gasteiger partial charge in [0.2, 0.25) is 0 Å². The summed E-state index contributed by atoms with van der Waals surface area (Å²) in [5.41, 5.74) is 1.26. The van der Waals surface area contributed by atoms with E-state index in [1.165, 1.54) is 23.5 Å². The van der Waals surface area contributed by atoms with Gasteiger partial charge in [-0.1, -0.05) is 12.1 Å². The van der Waals surface area contributed by atoms with Crippen molar-refractivity contribution in [3.8, 4) is 10.4 Å². The highest BCUT2D eigenvalue weighted by molar-refractivity contribution is 9.10. The van der Waals surface area contributed by atoms with Crippen LogP contribution in [0.15, 0.2) is 41.1 Å². The van der Waals surface area contributed by atoms with Crippen molar-refractivity contribution in [2.45, 2.75) is 32.4 Å². The molecule has 30 heavy (non-hydrogen) atoms. The van der Waals surface area contributed by atoms with Crippen LogP contribution >= 0.6 is 27.3 Å². The highest BCUT2D eigenvalue weighted by Crippen LogP contribution is 2.32. The molecule has 4 rings (SSSR count). The average molecular weight is 490 g/mol. The van der Waals surface area contributed by atoms with E-state index >= 15 is 0 Å². The van der Waals surface area contributed by atoms with Crippen LogP contribution in [0.4, 0.5) is 4.39 Å². The minimum atomic E-state index is -0.298. The van der Waals surface area contributed by atoms with Crippen LogP contribution in [0.2, 0.25) is 0 Å². The van der Waals surface area contributed by atoms with Crippen molar-refractivity contribution in [3.05, 3.63) is 63.5 Å². The summed E-state index contributed by atoms with van der Waals surface area (Å²) in [6.07, 6.45) is 5.34. The summed E-state index contributed by atoms with van der Waals surface area (Å²) in [4.78, 5) is 29.1. The summed E-state index contributed by atoms with van der Waals surface area (Å²) in [5.74, 6) is 0.346. The van der Waals surface area contributed by atoms with Crippen LogP contribution in [0, 0.1) is 12.7 Å². The first kappa shape index (κ1) is 21.0. The molecule has 1 fully saturated rings. The van der Waals surface area contributed by atoms with Gasteiger partial charge in [0.15, 0.2) is 0 Å². The van der Waals surface area contributed by atoms with Gasteiger partial charge < -0.3 is 10.2 Å². The smallest absolute Gasteiger partial charge is 0.274 e. The maximum Gasteiger partial charge on any atom is 0.274 e. The number of benzene rings is 1. The molecule has 1 aliphatic heterocycles. The quantitative estimate of drug-likeness (QED) is 0.561. The number of carbonyl (C=O) groups is 1. The van der Waals surface area contributed by atoms with E-state index in [1.54, 1.807) is 24.5 Å². The van der Waals surface area contributed by atoms with Crippen molar-refractivity contribution in [1.29, 1.82) is 0 Å². The molecule has 156 valence electrons. The van der Waals surface area contributed by atoms with E-state index in [4.69, 9.17) is 0 Å². The fraction of sp³-hybridized carbons (Fsp3) is 0.333. The SMILES string of the molecule is Cc1nc(C(=O)N2CCC[C@H]2CNCc2ncc(Br)cn2)c(-c2ccc(F)cc2)s1. The lowest BCUT2D eigenvalue weighted by Crippen LogP contribution is -2.41. The largest absolute Gasteiger partial charge is 0.333 e. The van der Waals surface area contributed by atoms with Crippen LogP contribution in [0.1, 0.15) is 34.2 Å². The first-order valence-corrected chi connectivity index (χ1v) is 11.3. The van der Waals surface area contributed by atoms with Crippen molar-refractivity contribution in [3.63, 3.8) is 0 Å². The van der Waals surface area contributed by atoms with Crippen LogP contribution in [-0.4, -0.2) is 44.9 Å². The lowest BCUT2D eigenvalue weighted by atomic mass is 10.1. The third kappa shape index (κ3) is 4.74. The molecular formula is C21H21BrFN5OS. The lowest BCUT2D eigenvalue weighted by Gasteiger charge is -2.24. The Morgan fingerprint density at radius 2 is 2.03 bits per heavy atom. The Morgan fingerprint density at radius 3 is 2.77 bits per heavy atom. The Morgan fingerprint density at radius 1 is 1.30 bits per heavy atom. The van der Waals surface area contributed by atoms with Gasteiger partial charge in [-0.2, -0.15) is 0 Å². The van der Waals surface area contributed by atoms with Gasteiger partial charge in [-0.25, -0.2) is 19.3 Å². The number of likely N-dealkylation sites (tertiary alicyclic amines) is 1. The van der Waals surface area contributed by atoms with E-state index in [9.17, 15) is 9.18 Å². The van der Waals surface area contributed by atoms with Crippen LogP contribution in [0.5, 0.6) is 0 Å². The highest BCUT2D eigenvalue weighted by Gasteiger charge is 2.32. The second-order valence-electron chi connectivity index (χ2n) is 7.16. The van der Waals surface area contributed by atoms with Crippen LogP contribution < -0.4 is 5.32 Å². The molecule has 1 saturated heterocycles. The van der Waals surface area contributed by atoms with Crippen LogP contribution in [-0.2, 0) is 6.54 Å². The number of carbonyl (C=O) groups excluding carboxylic acids is 1. The molecule has 0 unspecified atom stereocenters. The van der Waals surface area contributed by atoms with Crippen molar-refractivity contribution in [2.24, 2.45) is 0 Å². The molecule has 1 atom stereocenters. The van der Waals surface area contributed by atoms with Crippen molar-refractivity contribution in [2.75, 3.05) is 13.1 Å². The summed E-state index contributed by atoms with van der Waals surface area (Å²) in [6.45, 7) is 3.80. The molecule has 9 heteroatoms. The third-order valence-corrected chi connectivity index (χ3v) is 6.45. The predicted molar refractivity (Wildman–Crippen MR) is 118 cm³/mol. The number of rotatable bonds is 6. The first-order valence-electron chi connectivity index (χ1n) is 9.73. The fourth-order valence-corrected chi connectivity index (χ4v) is 4.72. The molecular weight excluding hydrogens is 469 g/mol.